The van der Waals surface area contributed by atoms with Crippen molar-refractivity contribution < 1.29 is 5.11 Å². The summed E-state index contributed by atoms with van der Waals surface area (Å²) in [6.07, 6.45) is 1.22. The molecule has 0 amide bonds. The van der Waals surface area contributed by atoms with Crippen molar-refractivity contribution in [2.24, 2.45) is 5.92 Å². The number of hydrogen-bond donors (Lipinski definition) is 2. The van der Waals surface area contributed by atoms with Crippen molar-refractivity contribution in [3.05, 3.63) is 0 Å². The molecule has 0 bridgehead atoms. The first-order valence-electron chi connectivity index (χ1n) is 6.14. The van der Waals surface area contributed by atoms with Gasteiger partial charge in [-0.1, -0.05) is 13.8 Å². The van der Waals surface area contributed by atoms with Crippen LogP contribution in [-0.4, -0.2) is 47.8 Å². The predicted octanol–water partition coefficient (Wildman–Crippen LogP) is 1.08. The van der Waals surface area contributed by atoms with E-state index >= 15 is 0 Å². The highest BCUT2D eigenvalue weighted by Crippen LogP contribution is 2.15. The van der Waals surface area contributed by atoms with Crippen LogP contribution in [0.5, 0.6) is 0 Å². The highest BCUT2D eigenvalue weighted by molar-refractivity contribution is 4.87. The van der Waals surface area contributed by atoms with Crippen molar-refractivity contribution in [3.8, 4) is 0 Å². The first-order valence-corrected chi connectivity index (χ1v) is 6.14. The van der Waals surface area contributed by atoms with Crippen LogP contribution >= 0.6 is 0 Å². The van der Waals surface area contributed by atoms with Gasteiger partial charge in [-0.15, -0.1) is 0 Å². The first-order chi connectivity index (χ1) is 7.04. The van der Waals surface area contributed by atoms with Crippen LogP contribution < -0.4 is 5.32 Å². The molecule has 0 radical (unpaired) electrons. The molecular weight excluding hydrogens is 188 g/mol. The van der Waals surface area contributed by atoms with Crippen molar-refractivity contribution in [1.29, 1.82) is 0 Å². The van der Waals surface area contributed by atoms with Gasteiger partial charge in [-0.2, -0.15) is 0 Å². The Kier molecular flexibility index (Phi) is 5.03. The molecule has 0 aromatic rings. The summed E-state index contributed by atoms with van der Waals surface area (Å²) in [5.41, 5.74) is 0. The smallest absolute Gasteiger partial charge is 0.0599 e. The summed E-state index contributed by atoms with van der Waals surface area (Å²) in [6.45, 7) is 11.2. The second-order valence-electron chi connectivity index (χ2n) is 5.36. The van der Waals surface area contributed by atoms with E-state index in [1.54, 1.807) is 0 Å². The first kappa shape index (κ1) is 12.9. The minimum absolute atomic E-state index is 0.263. The highest BCUT2D eigenvalue weighted by Gasteiger charge is 2.28. The van der Waals surface area contributed by atoms with E-state index in [1.165, 1.54) is 6.42 Å². The quantitative estimate of drug-likeness (QED) is 0.735. The van der Waals surface area contributed by atoms with E-state index in [0.717, 1.165) is 19.0 Å². The lowest BCUT2D eigenvalue weighted by atomic mass is 9.99. The van der Waals surface area contributed by atoms with Crippen LogP contribution in [0.1, 0.15) is 34.1 Å². The lowest BCUT2D eigenvalue weighted by Crippen LogP contribution is -2.59. The SMILES string of the molecule is CC(C)CC1CN(C(C)C)C(CO)CN1. The zero-order valence-corrected chi connectivity index (χ0v) is 10.5. The average molecular weight is 214 g/mol. The zero-order chi connectivity index (χ0) is 11.4. The molecule has 0 saturated carbocycles. The maximum Gasteiger partial charge on any atom is 0.0599 e. The number of rotatable bonds is 4. The summed E-state index contributed by atoms with van der Waals surface area (Å²) < 4.78 is 0. The average Bonchev–Trinajstić information content (AvgIpc) is 2.16. The Balaban J connectivity index is 2.50. The molecule has 0 aromatic heterocycles. The van der Waals surface area contributed by atoms with Crippen LogP contribution in [0.3, 0.4) is 0 Å². The summed E-state index contributed by atoms with van der Waals surface area (Å²) in [7, 11) is 0. The van der Waals surface area contributed by atoms with E-state index in [-0.39, 0.29) is 6.61 Å². The second-order valence-corrected chi connectivity index (χ2v) is 5.36. The minimum atomic E-state index is 0.263. The van der Waals surface area contributed by atoms with E-state index in [1.807, 2.05) is 0 Å². The van der Waals surface area contributed by atoms with Gasteiger partial charge in [0.1, 0.15) is 0 Å². The van der Waals surface area contributed by atoms with Crippen molar-refractivity contribution in [2.45, 2.75) is 52.2 Å². The molecule has 1 heterocycles. The van der Waals surface area contributed by atoms with Gasteiger partial charge in [0.2, 0.25) is 0 Å². The van der Waals surface area contributed by atoms with Gasteiger partial charge < -0.3 is 10.4 Å². The van der Waals surface area contributed by atoms with Crippen LogP contribution in [0.25, 0.3) is 0 Å². The van der Waals surface area contributed by atoms with E-state index in [0.29, 0.717) is 18.1 Å². The molecule has 1 aliphatic rings. The fourth-order valence-corrected chi connectivity index (χ4v) is 2.42. The standard InChI is InChI=1S/C12H26N2O/c1-9(2)5-11-7-14(10(3)4)12(8-15)6-13-11/h9-13,15H,5-8H2,1-4H3. The molecule has 0 aromatic carbocycles. The molecule has 0 spiro atoms. The molecule has 90 valence electrons. The van der Waals surface area contributed by atoms with Crippen molar-refractivity contribution in [3.63, 3.8) is 0 Å². The summed E-state index contributed by atoms with van der Waals surface area (Å²) in [6, 6.07) is 1.42. The van der Waals surface area contributed by atoms with Crippen LogP contribution in [0.4, 0.5) is 0 Å². The highest BCUT2D eigenvalue weighted by atomic mass is 16.3. The van der Waals surface area contributed by atoms with Gasteiger partial charge in [0, 0.05) is 31.2 Å². The fourth-order valence-electron chi connectivity index (χ4n) is 2.42. The monoisotopic (exact) mass is 214 g/mol. The molecule has 15 heavy (non-hydrogen) atoms. The zero-order valence-electron chi connectivity index (χ0n) is 10.5. The molecule has 2 N–H and O–H groups in total. The van der Waals surface area contributed by atoms with E-state index < -0.39 is 0 Å². The molecule has 3 nitrogen and oxygen atoms in total. The summed E-state index contributed by atoms with van der Waals surface area (Å²) in [4.78, 5) is 2.42. The summed E-state index contributed by atoms with van der Waals surface area (Å²) in [5, 5.41) is 12.8. The molecule has 1 rings (SSSR count). The largest absolute Gasteiger partial charge is 0.395 e. The molecule has 2 atom stereocenters. The minimum Gasteiger partial charge on any atom is -0.395 e. The Bertz CT molecular complexity index is 182. The summed E-state index contributed by atoms with van der Waals surface area (Å²) >= 11 is 0. The maximum absolute atomic E-state index is 9.30. The van der Waals surface area contributed by atoms with Crippen molar-refractivity contribution in [2.75, 3.05) is 19.7 Å². The molecule has 2 unspecified atom stereocenters. The third-order valence-corrected chi connectivity index (χ3v) is 3.17. The summed E-state index contributed by atoms with van der Waals surface area (Å²) in [5.74, 6) is 0.738. The Labute approximate surface area is 93.9 Å². The van der Waals surface area contributed by atoms with Gasteiger partial charge in [-0.25, -0.2) is 0 Å². The van der Waals surface area contributed by atoms with Gasteiger partial charge >= 0.3 is 0 Å². The molecule has 3 heteroatoms. The van der Waals surface area contributed by atoms with Crippen LogP contribution in [0.2, 0.25) is 0 Å². The number of piperazine rings is 1. The van der Waals surface area contributed by atoms with Gasteiger partial charge in [0.05, 0.1) is 6.61 Å². The maximum atomic E-state index is 9.30. The molecule has 1 aliphatic heterocycles. The van der Waals surface area contributed by atoms with Gasteiger partial charge in [0.25, 0.3) is 0 Å². The third kappa shape index (κ3) is 3.74. The lowest BCUT2D eigenvalue weighted by Gasteiger charge is -2.42. The van der Waals surface area contributed by atoms with Crippen molar-refractivity contribution in [1.82, 2.24) is 10.2 Å². The van der Waals surface area contributed by atoms with Crippen LogP contribution in [-0.2, 0) is 0 Å². The van der Waals surface area contributed by atoms with Gasteiger partial charge in [-0.3, -0.25) is 4.90 Å². The Morgan fingerprint density at radius 1 is 1.33 bits per heavy atom. The fraction of sp³-hybridized carbons (Fsp3) is 1.00. The van der Waals surface area contributed by atoms with E-state index in [4.69, 9.17) is 0 Å². The number of aliphatic hydroxyl groups is 1. The number of aliphatic hydroxyl groups excluding tert-OH is 1. The topological polar surface area (TPSA) is 35.5 Å². The molecular formula is C12H26N2O. The predicted molar refractivity (Wildman–Crippen MR) is 64.0 cm³/mol. The Morgan fingerprint density at radius 2 is 2.00 bits per heavy atom. The molecule has 1 saturated heterocycles. The van der Waals surface area contributed by atoms with E-state index in [9.17, 15) is 5.11 Å². The Hall–Kier alpha value is -0.120. The third-order valence-electron chi connectivity index (χ3n) is 3.17. The van der Waals surface area contributed by atoms with E-state index in [2.05, 4.69) is 37.9 Å². The van der Waals surface area contributed by atoms with Gasteiger partial charge in [-0.05, 0) is 26.2 Å². The number of nitrogens with zero attached hydrogens (tertiary/aromatic N) is 1. The van der Waals surface area contributed by atoms with Gasteiger partial charge in [0.15, 0.2) is 0 Å². The molecule has 0 aliphatic carbocycles. The number of hydrogen-bond acceptors (Lipinski definition) is 3. The Morgan fingerprint density at radius 3 is 2.47 bits per heavy atom. The van der Waals surface area contributed by atoms with Crippen LogP contribution in [0, 0.1) is 5.92 Å². The lowest BCUT2D eigenvalue weighted by molar-refractivity contribution is 0.0524. The molecule has 1 fully saturated rings. The normalized spacial score (nSPS) is 29.0. The van der Waals surface area contributed by atoms with Crippen molar-refractivity contribution >= 4 is 0 Å². The number of nitrogens with one attached hydrogen (secondary N) is 1. The second kappa shape index (κ2) is 5.83. The van der Waals surface area contributed by atoms with Crippen LogP contribution in [0.15, 0.2) is 0 Å².